The van der Waals surface area contributed by atoms with E-state index in [0.717, 1.165) is 19.4 Å². The van der Waals surface area contributed by atoms with Gasteiger partial charge in [-0.15, -0.1) is 0 Å². The van der Waals surface area contributed by atoms with E-state index in [-0.39, 0.29) is 6.04 Å². The van der Waals surface area contributed by atoms with Crippen LogP contribution < -0.4 is 15.8 Å². The summed E-state index contributed by atoms with van der Waals surface area (Å²) in [6, 6.07) is 1.95. The average molecular weight is 210 g/mol. The summed E-state index contributed by atoms with van der Waals surface area (Å²) in [5, 5.41) is 3.10. The molecule has 0 saturated heterocycles. The standard InChI is InChI=1S/C10H18N4O/c1-3-8(11)4-6-12-10-13-7-5-9(14-10)15-2/h5,7-8H,3-4,6,11H2,1-2H3,(H,12,13,14). The molecular weight excluding hydrogens is 192 g/mol. The number of nitrogens with two attached hydrogens (primary N) is 1. The van der Waals surface area contributed by atoms with Crippen LogP contribution in [0.2, 0.25) is 0 Å². The molecule has 0 aliphatic heterocycles. The van der Waals surface area contributed by atoms with E-state index in [1.807, 2.05) is 0 Å². The predicted molar refractivity (Wildman–Crippen MR) is 60.0 cm³/mol. The number of methoxy groups -OCH3 is 1. The van der Waals surface area contributed by atoms with Crippen molar-refractivity contribution in [3.05, 3.63) is 12.3 Å². The van der Waals surface area contributed by atoms with Gasteiger partial charge < -0.3 is 15.8 Å². The summed E-state index contributed by atoms with van der Waals surface area (Å²) in [4.78, 5) is 8.20. The highest BCUT2D eigenvalue weighted by atomic mass is 16.5. The zero-order chi connectivity index (χ0) is 11.1. The minimum atomic E-state index is 0.239. The molecule has 1 aromatic heterocycles. The number of rotatable bonds is 6. The summed E-state index contributed by atoms with van der Waals surface area (Å²) in [6.45, 7) is 2.86. The van der Waals surface area contributed by atoms with Crippen LogP contribution in [0.4, 0.5) is 5.95 Å². The lowest BCUT2D eigenvalue weighted by Crippen LogP contribution is -2.22. The van der Waals surface area contributed by atoms with Crippen LogP contribution in [-0.2, 0) is 0 Å². The maximum absolute atomic E-state index is 5.79. The first kappa shape index (κ1) is 11.7. The quantitative estimate of drug-likeness (QED) is 0.733. The van der Waals surface area contributed by atoms with Gasteiger partial charge in [0.25, 0.3) is 0 Å². The molecule has 1 rings (SSSR count). The van der Waals surface area contributed by atoms with Gasteiger partial charge in [0.1, 0.15) is 0 Å². The zero-order valence-electron chi connectivity index (χ0n) is 9.23. The Bertz CT molecular complexity index is 293. The lowest BCUT2D eigenvalue weighted by molar-refractivity contribution is 0.397. The fourth-order valence-corrected chi connectivity index (χ4v) is 1.11. The molecule has 84 valence electrons. The molecule has 1 atom stereocenters. The van der Waals surface area contributed by atoms with Gasteiger partial charge in [0.15, 0.2) is 0 Å². The van der Waals surface area contributed by atoms with Crippen LogP contribution >= 0.6 is 0 Å². The summed E-state index contributed by atoms with van der Waals surface area (Å²) >= 11 is 0. The van der Waals surface area contributed by atoms with E-state index >= 15 is 0 Å². The predicted octanol–water partition coefficient (Wildman–Crippen LogP) is 1.02. The lowest BCUT2D eigenvalue weighted by Gasteiger charge is -2.09. The molecular formula is C10H18N4O. The summed E-state index contributed by atoms with van der Waals surface area (Å²) < 4.78 is 4.99. The second kappa shape index (κ2) is 6.19. The third-order valence-corrected chi connectivity index (χ3v) is 2.16. The number of ether oxygens (including phenoxy) is 1. The van der Waals surface area contributed by atoms with Gasteiger partial charge in [-0.2, -0.15) is 4.98 Å². The molecule has 1 aromatic rings. The third kappa shape index (κ3) is 4.12. The first-order valence-corrected chi connectivity index (χ1v) is 5.12. The number of hydrogen-bond donors (Lipinski definition) is 2. The SMILES string of the molecule is CCC(N)CCNc1nccc(OC)n1. The van der Waals surface area contributed by atoms with Gasteiger partial charge in [0.05, 0.1) is 7.11 Å². The van der Waals surface area contributed by atoms with Crippen molar-refractivity contribution < 1.29 is 4.74 Å². The van der Waals surface area contributed by atoms with Gasteiger partial charge in [0, 0.05) is 24.8 Å². The van der Waals surface area contributed by atoms with Crippen LogP contribution in [0.15, 0.2) is 12.3 Å². The smallest absolute Gasteiger partial charge is 0.225 e. The second-order valence-electron chi connectivity index (χ2n) is 3.31. The van der Waals surface area contributed by atoms with Crippen LogP contribution in [0.1, 0.15) is 19.8 Å². The lowest BCUT2D eigenvalue weighted by atomic mass is 10.2. The molecule has 0 aliphatic carbocycles. The maximum atomic E-state index is 5.79. The van der Waals surface area contributed by atoms with Gasteiger partial charge in [-0.25, -0.2) is 4.98 Å². The molecule has 1 unspecified atom stereocenters. The molecule has 15 heavy (non-hydrogen) atoms. The summed E-state index contributed by atoms with van der Waals surface area (Å²) in [7, 11) is 1.58. The molecule has 0 amide bonds. The Morgan fingerprint density at radius 2 is 2.40 bits per heavy atom. The normalized spacial score (nSPS) is 12.2. The molecule has 0 aliphatic rings. The van der Waals surface area contributed by atoms with Crippen molar-refractivity contribution >= 4 is 5.95 Å². The van der Waals surface area contributed by atoms with E-state index in [9.17, 15) is 0 Å². The number of nitrogens with zero attached hydrogens (tertiary/aromatic N) is 2. The van der Waals surface area contributed by atoms with Crippen molar-refractivity contribution in [2.75, 3.05) is 19.0 Å². The van der Waals surface area contributed by atoms with Crippen LogP contribution in [0.3, 0.4) is 0 Å². The van der Waals surface area contributed by atoms with E-state index in [2.05, 4.69) is 22.2 Å². The zero-order valence-corrected chi connectivity index (χ0v) is 9.23. The first-order chi connectivity index (χ1) is 7.26. The van der Waals surface area contributed by atoms with E-state index in [1.165, 1.54) is 0 Å². The number of hydrogen-bond acceptors (Lipinski definition) is 5. The Hall–Kier alpha value is -1.36. The van der Waals surface area contributed by atoms with Crippen molar-refractivity contribution in [2.45, 2.75) is 25.8 Å². The number of anilines is 1. The highest BCUT2D eigenvalue weighted by molar-refractivity contribution is 5.27. The van der Waals surface area contributed by atoms with E-state index in [0.29, 0.717) is 11.8 Å². The monoisotopic (exact) mass is 210 g/mol. The highest BCUT2D eigenvalue weighted by Crippen LogP contribution is 2.07. The summed E-state index contributed by atoms with van der Waals surface area (Å²) in [6.07, 6.45) is 3.56. The molecule has 0 aromatic carbocycles. The largest absolute Gasteiger partial charge is 0.481 e. The van der Waals surface area contributed by atoms with Crippen LogP contribution in [0, 0.1) is 0 Å². The number of nitrogens with one attached hydrogen (secondary N) is 1. The maximum Gasteiger partial charge on any atom is 0.225 e. The second-order valence-corrected chi connectivity index (χ2v) is 3.31. The fraction of sp³-hybridized carbons (Fsp3) is 0.600. The Balaban J connectivity index is 2.37. The topological polar surface area (TPSA) is 73.1 Å². The highest BCUT2D eigenvalue weighted by Gasteiger charge is 2.00. The van der Waals surface area contributed by atoms with E-state index in [1.54, 1.807) is 19.4 Å². The van der Waals surface area contributed by atoms with Gasteiger partial charge in [-0.1, -0.05) is 6.92 Å². The Kier molecular flexibility index (Phi) is 4.83. The van der Waals surface area contributed by atoms with Gasteiger partial charge in [0.2, 0.25) is 11.8 Å². The molecule has 5 heteroatoms. The van der Waals surface area contributed by atoms with E-state index in [4.69, 9.17) is 10.5 Å². The van der Waals surface area contributed by atoms with Crippen LogP contribution in [0.5, 0.6) is 5.88 Å². The minimum Gasteiger partial charge on any atom is -0.481 e. The molecule has 1 heterocycles. The fourth-order valence-electron chi connectivity index (χ4n) is 1.11. The molecule has 0 bridgehead atoms. The summed E-state index contributed by atoms with van der Waals surface area (Å²) in [5.41, 5.74) is 5.79. The van der Waals surface area contributed by atoms with Crippen molar-refractivity contribution in [3.63, 3.8) is 0 Å². The molecule has 0 saturated carbocycles. The molecule has 5 nitrogen and oxygen atoms in total. The molecule has 3 N–H and O–H groups in total. The van der Waals surface area contributed by atoms with Crippen molar-refractivity contribution in [1.82, 2.24) is 9.97 Å². The van der Waals surface area contributed by atoms with Gasteiger partial charge in [-0.3, -0.25) is 0 Å². The summed E-state index contributed by atoms with van der Waals surface area (Å²) in [5.74, 6) is 1.14. The minimum absolute atomic E-state index is 0.239. The van der Waals surface area contributed by atoms with Gasteiger partial charge >= 0.3 is 0 Å². The Labute approximate surface area is 90.1 Å². The number of aromatic nitrogens is 2. The Morgan fingerprint density at radius 3 is 3.07 bits per heavy atom. The van der Waals surface area contributed by atoms with Crippen molar-refractivity contribution in [3.8, 4) is 5.88 Å². The Morgan fingerprint density at radius 1 is 1.60 bits per heavy atom. The van der Waals surface area contributed by atoms with E-state index < -0.39 is 0 Å². The average Bonchev–Trinajstić information content (AvgIpc) is 2.29. The van der Waals surface area contributed by atoms with Crippen LogP contribution in [-0.4, -0.2) is 29.7 Å². The van der Waals surface area contributed by atoms with Gasteiger partial charge in [-0.05, 0) is 12.8 Å². The molecule has 0 spiro atoms. The van der Waals surface area contributed by atoms with Crippen LogP contribution in [0.25, 0.3) is 0 Å². The molecule has 0 fully saturated rings. The third-order valence-electron chi connectivity index (χ3n) is 2.16. The van der Waals surface area contributed by atoms with Crippen molar-refractivity contribution in [1.29, 1.82) is 0 Å². The van der Waals surface area contributed by atoms with Crippen molar-refractivity contribution in [2.24, 2.45) is 5.73 Å². The first-order valence-electron chi connectivity index (χ1n) is 5.12. The molecule has 0 radical (unpaired) electrons.